The molecule has 1 aliphatic heterocycles. The molecule has 3 rings (SSSR count). The van der Waals surface area contributed by atoms with E-state index in [1.165, 1.54) is 0 Å². The molecule has 0 spiro atoms. The number of urea groups is 1. The number of ether oxygens (including phenoxy) is 1. The first-order valence-corrected chi connectivity index (χ1v) is 8.61. The lowest BCUT2D eigenvalue weighted by Gasteiger charge is -2.33. The highest BCUT2D eigenvalue weighted by atomic mass is 35.5. The minimum atomic E-state index is -0.138. The van der Waals surface area contributed by atoms with Crippen LogP contribution in [0.3, 0.4) is 0 Å². The Morgan fingerprint density at radius 3 is 2.68 bits per heavy atom. The lowest BCUT2D eigenvalue weighted by molar-refractivity contribution is -0.0135. The van der Waals surface area contributed by atoms with Gasteiger partial charge in [0, 0.05) is 37.0 Å². The van der Waals surface area contributed by atoms with Gasteiger partial charge in [-0.3, -0.25) is 0 Å². The van der Waals surface area contributed by atoms with E-state index in [4.69, 9.17) is 16.3 Å². The van der Waals surface area contributed by atoms with Crippen molar-refractivity contribution in [3.8, 4) is 0 Å². The zero-order valence-electron chi connectivity index (χ0n) is 14.4. The maximum absolute atomic E-state index is 12.5. The monoisotopic (exact) mass is 359 g/mol. The van der Waals surface area contributed by atoms with Gasteiger partial charge in [0.2, 0.25) is 0 Å². The Hall–Kier alpha value is -2.24. The van der Waals surface area contributed by atoms with E-state index in [0.29, 0.717) is 30.4 Å². The Labute approximate surface area is 153 Å². The van der Waals surface area contributed by atoms with Gasteiger partial charge < -0.3 is 19.9 Å². The topological polar surface area (TPSA) is 44.8 Å². The van der Waals surface area contributed by atoms with Crippen LogP contribution in [0.4, 0.5) is 16.2 Å². The summed E-state index contributed by atoms with van der Waals surface area (Å²) in [5, 5.41) is 3.48. The second-order valence-electron chi connectivity index (χ2n) is 6.23. The molecule has 1 fully saturated rings. The maximum atomic E-state index is 12.5. The van der Waals surface area contributed by atoms with Gasteiger partial charge in [0.15, 0.2) is 0 Å². The third kappa shape index (κ3) is 4.44. The summed E-state index contributed by atoms with van der Waals surface area (Å²) in [6, 6.07) is 15.2. The second-order valence-corrected chi connectivity index (χ2v) is 6.67. The fourth-order valence-electron chi connectivity index (χ4n) is 2.79. The van der Waals surface area contributed by atoms with E-state index in [1.807, 2.05) is 26.2 Å². The fraction of sp³-hybridized carbons (Fsp3) is 0.316. The number of carbonyl (C=O) groups excluding carboxylic acids is 1. The minimum Gasteiger partial charge on any atom is -0.378 e. The fourth-order valence-corrected chi connectivity index (χ4v) is 2.98. The molecular formula is C19H22ClN3O2. The van der Waals surface area contributed by atoms with Crippen molar-refractivity contribution in [2.24, 2.45) is 0 Å². The molecule has 6 heteroatoms. The summed E-state index contributed by atoms with van der Waals surface area (Å²) < 4.78 is 5.86. The van der Waals surface area contributed by atoms with Crippen LogP contribution in [0, 0.1) is 0 Å². The van der Waals surface area contributed by atoms with Crippen LogP contribution < -0.4 is 10.2 Å². The van der Waals surface area contributed by atoms with Gasteiger partial charge in [-0.2, -0.15) is 0 Å². The number of hydrogen-bond donors (Lipinski definition) is 1. The van der Waals surface area contributed by atoms with Crippen LogP contribution in [0.5, 0.6) is 0 Å². The first kappa shape index (κ1) is 17.6. The first-order chi connectivity index (χ1) is 12.0. The zero-order chi connectivity index (χ0) is 17.8. The normalized spacial score (nSPS) is 17.2. The quantitative estimate of drug-likeness (QED) is 0.900. The van der Waals surface area contributed by atoms with E-state index in [1.54, 1.807) is 17.0 Å². The Kier molecular flexibility index (Phi) is 5.46. The van der Waals surface area contributed by atoms with Crippen LogP contribution >= 0.6 is 11.6 Å². The zero-order valence-corrected chi connectivity index (χ0v) is 15.2. The van der Waals surface area contributed by atoms with Gasteiger partial charge in [0.05, 0.1) is 13.2 Å². The standard InChI is InChI=1S/C19H22ClN3O2/c1-22(2)17-8-6-14(7-9-17)18-13-23(10-11-25-18)19(24)21-16-5-3-4-15(20)12-16/h3-9,12,18H,10-11,13H2,1-2H3,(H,21,24). The SMILES string of the molecule is CN(C)c1ccc(C2CN(C(=O)Nc3cccc(Cl)c3)CCO2)cc1. The van der Waals surface area contributed by atoms with Crippen molar-refractivity contribution in [3.63, 3.8) is 0 Å². The lowest BCUT2D eigenvalue weighted by atomic mass is 10.1. The van der Waals surface area contributed by atoms with E-state index in [0.717, 1.165) is 11.3 Å². The van der Waals surface area contributed by atoms with E-state index in [2.05, 4.69) is 34.5 Å². The maximum Gasteiger partial charge on any atom is 0.322 e. The van der Waals surface area contributed by atoms with Crippen LogP contribution in [-0.2, 0) is 4.74 Å². The molecule has 1 N–H and O–H groups in total. The predicted octanol–water partition coefficient (Wildman–Crippen LogP) is 4.01. The highest BCUT2D eigenvalue weighted by molar-refractivity contribution is 6.30. The molecule has 0 saturated carbocycles. The highest BCUT2D eigenvalue weighted by Crippen LogP contribution is 2.25. The summed E-state index contributed by atoms with van der Waals surface area (Å²) >= 11 is 5.96. The van der Waals surface area contributed by atoms with Gasteiger partial charge in [-0.05, 0) is 35.9 Å². The summed E-state index contributed by atoms with van der Waals surface area (Å²) in [5.74, 6) is 0. The Balaban J connectivity index is 1.65. The summed E-state index contributed by atoms with van der Waals surface area (Å²) in [5.41, 5.74) is 2.90. The van der Waals surface area contributed by atoms with Gasteiger partial charge in [0.1, 0.15) is 6.10 Å². The molecule has 0 radical (unpaired) electrons. The third-order valence-corrected chi connectivity index (χ3v) is 4.45. The van der Waals surface area contributed by atoms with Gasteiger partial charge in [0.25, 0.3) is 0 Å². The van der Waals surface area contributed by atoms with Crippen molar-refractivity contribution in [1.82, 2.24) is 4.90 Å². The number of anilines is 2. The molecule has 0 bridgehead atoms. The van der Waals surface area contributed by atoms with Gasteiger partial charge in [-0.25, -0.2) is 4.79 Å². The predicted molar refractivity (Wildman–Crippen MR) is 102 cm³/mol. The lowest BCUT2D eigenvalue weighted by Crippen LogP contribution is -2.44. The minimum absolute atomic E-state index is 0.116. The molecule has 2 aromatic rings. The number of benzene rings is 2. The number of amides is 2. The summed E-state index contributed by atoms with van der Waals surface area (Å²) in [4.78, 5) is 16.3. The summed E-state index contributed by atoms with van der Waals surface area (Å²) in [6.45, 7) is 1.61. The van der Waals surface area contributed by atoms with Crippen molar-refractivity contribution in [2.45, 2.75) is 6.10 Å². The number of nitrogens with one attached hydrogen (secondary N) is 1. The van der Waals surface area contributed by atoms with Crippen molar-refractivity contribution in [3.05, 3.63) is 59.1 Å². The molecule has 0 aromatic heterocycles. The summed E-state index contributed by atoms with van der Waals surface area (Å²) in [6.07, 6.45) is -0.116. The van der Waals surface area contributed by atoms with Gasteiger partial charge in [-0.15, -0.1) is 0 Å². The smallest absolute Gasteiger partial charge is 0.322 e. The number of morpholine rings is 1. The number of rotatable bonds is 3. The molecule has 1 aliphatic rings. The molecule has 5 nitrogen and oxygen atoms in total. The average molecular weight is 360 g/mol. The van der Waals surface area contributed by atoms with E-state index >= 15 is 0 Å². The Bertz CT molecular complexity index is 734. The number of nitrogens with zero attached hydrogens (tertiary/aromatic N) is 2. The third-order valence-electron chi connectivity index (χ3n) is 4.21. The van der Waals surface area contributed by atoms with Crippen molar-refractivity contribution in [1.29, 1.82) is 0 Å². The average Bonchev–Trinajstić information content (AvgIpc) is 2.62. The molecule has 1 unspecified atom stereocenters. The van der Waals surface area contributed by atoms with Crippen molar-refractivity contribution in [2.75, 3.05) is 44.0 Å². The molecule has 1 heterocycles. The van der Waals surface area contributed by atoms with E-state index in [-0.39, 0.29) is 12.1 Å². The first-order valence-electron chi connectivity index (χ1n) is 8.23. The number of carbonyl (C=O) groups is 1. The molecule has 1 atom stereocenters. The molecule has 2 aromatic carbocycles. The van der Waals surface area contributed by atoms with E-state index in [9.17, 15) is 4.79 Å². The van der Waals surface area contributed by atoms with Gasteiger partial charge in [-0.1, -0.05) is 29.8 Å². The summed E-state index contributed by atoms with van der Waals surface area (Å²) in [7, 11) is 4.02. The molecule has 2 amide bonds. The Morgan fingerprint density at radius 1 is 1.24 bits per heavy atom. The van der Waals surface area contributed by atoms with Crippen molar-refractivity contribution < 1.29 is 9.53 Å². The van der Waals surface area contributed by atoms with Gasteiger partial charge >= 0.3 is 6.03 Å². The van der Waals surface area contributed by atoms with Crippen LogP contribution in [-0.4, -0.2) is 44.7 Å². The molecule has 1 saturated heterocycles. The Morgan fingerprint density at radius 2 is 2.00 bits per heavy atom. The second kappa shape index (κ2) is 7.76. The number of hydrogen-bond acceptors (Lipinski definition) is 3. The molecule has 0 aliphatic carbocycles. The largest absolute Gasteiger partial charge is 0.378 e. The van der Waals surface area contributed by atoms with Crippen LogP contribution in [0.2, 0.25) is 5.02 Å². The molecule has 25 heavy (non-hydrogen) atoms. The molecule has 132 valence electrons. The molecular weight excluding hydrogens is 338 g/mol. The van der Waals surface area contributed by atoms with Crippen molar-refractivity contribution >= 4 is 29.0 Å². The van der Waals surface area contributed by atoms with E-state index < -0.39 is 0 Å². The highest BCUT2D eigenvalue weighted by Gasteiger charge is 2.25. The van der Waals surface area contributed by atoms with Crippen LogP contribution in [0.25, 0.3) is 0 Å². The number of halogens is 1. The van der Waals surface area contributed by atoms with Crippen LogP contribution in [0.1, 0.15) is 11.7 Å². The van der Waals surface area contributed by atoms with Crippen LogP contribution in [0.15, 0.2) is 48.5 Å².